The number of carbonyl (C=O) groups excluding carboxylic acids is 2. The van der Waals surface area contributed by atoms with E-state index < -0.39 is 0 Å². The maximum Gasteiger partial charge on any atom is 0.227 e. The van der Waals surface area contributed by atoms with Crippen molar-refractivity contribution in [2.45, 2.75) is 13.3 Å². The Bertz CT molecular complexity index is 594. The van der Waals surface area contributed by atoms with Crippen molar-refractivity contribution in [2.75, 3.05) is 25.5 Å². The number of carbonyl (C=O) groups is 2. The van der Waals surface area contributed by atoms with E-state index in [-0.39, 0.29) is 11.7 Å². The Labute approximate surface area is 123 Å². The van der Waals surface area contributed by atoms with Crippen molar-refractivity contribution >= 4 is 29.0 Å². The molecule has 0 atom stereocenters. The van der Waals surface area contributed by atoms with Gasteiger partial charge in [0.15, 0.2) is 5.78 Å². The highest BCUT2D eigenvalue weighted by Crippen LogP contribution is 2.32. The maximum absolute atomic E-state index is 12.5. The second-order valence-corrected chi connectivity index (χ2v) is 5.38. The zero-order chi connectivity index (χ0) is 14.9. The molecule has 1 heterocycles. The SMILES string of the molecule is CCC(=O)N1C/C(=C/N(C)C)C(=O)c2cc(Cl)ccc21. The van der Waals surface area contributed by atoms with Crippen LogP contribution < -0.4 is 4.90 Å². The highest BCUT2D eigenvalue weighted by Gasteiger charge is 2.30. The summed E-state index contributed by atoms with van der Waals surface area (Å²) in [6.45, 7) is 2.11. The molecule has 0 N–H and O–H groups in total. The Balaban J connectivity index is 2.56. The summed E-state index contributed by atoms with van der Waals surface area (Å²) in [5, 5.41) is 0.493. The van der Waals surface area contributed by atoms with Gasteiger partial charge in [0.2, 0.25) is 5.91 Å². The lowest BCUT2D eigenvalue weighted by molar-refractivity contribution is -0.118. The average Bonchev–Trinajstić information content (AvgIpc) is 2.41. The number of rotatable bonds is 2. The third kappa shape index (κ3) is 2.70. The molecule has 0 spiro atoms. The molecule has 0 radical (unpaired) electrons. The van der Waals surface area contributed by atoms with Crippen LogP contribution in [0.1, 0.15) is 23.7 Å². The second kappa shape index (κ2) is 5.67. The van der Waals surface area contributed by atoms with Crippen LogP contribution in [-0.4, -0.2) is 37.2 Å². The van der Waals surface area contributed by atoms with E-state index in [4.69, 9.17) is 11.6 Å². The van der Waals surface area contributed by atoms with E-state index in [1.165, 1.54) is 0 Å². The fourth-order valence-corrected chi connectivity index (χ4v) is 2.42. The third-order valence-electron chi connectivity index (χ3n) is 3.13. The van der Waals surface area contributed by atoms with E-state index in [0.717, 1.165) is 0 Å². The van der Waals surface area contributed by atoms with Gasteiger partial charge in [0.05, 0.1) is 12.2 Å². The van der Waals surface area contributed by atoms with Crippen molar-refractivity contribution in [2.24, 2.45) is 0 Å². The number of nitrogens with zero attached hydrogens (tertiary/aromatic N) is 2. The second-order valence-electron chi connectivity index (χ2n) is 4.94. The first-order chi connectivity index (χ1) is 9.43. The van der Waals surface area contributed by atoms with Crippen LogP contribution in [0.4, 0.5) is 5.69 Å². The summed E-state index contributed by atoms with van der Waals surface area (Å²) in [4.78, 5) is 28.0. The molecule has 0 bridgehead atoms. The van der Waals surface area contributed by atoms with Gasteiger partial charge in [-0.05, 0) is 18.2 Å². The molecular weight excluding hydrogens is 276 g/mol. The molecule has 0 saturated heterocycles. The molecule has 1 aliphatic rings. The first-order valence-electron chi connectivity index (χ1n) is 6.45. The minimum absolute atomic E-state index is 0.00858. The predicted molar refractivity (Wildman–Crippen MR) is 80.2 cm³/mol. The zero-order valence-corrected chi connectivity index (χ0v) is 12.6. The summed E-state index contributed by atoms with van der Waals surface area (Å²) in [5.41, 5.74) is 1.72. The van der Waals surface area contributed by atoms with Crippen LogP contribution in [0.25, 0.3) is 0 Å². The molecule has 20 heavy (non-hydrogen) atoms. The number of Topliss-reactive ketones (excluding diaryl/α,β-unsaturated/α-hetero) is 1. The van der Waals surface area contributed by atoms with Gasteiger partial charge >= 0.3 is 0 Å². The molecule has 5 heteroatoms. The number of benzene rings is 1. The van der Waals surface area contributed by atoms with Gasteiger partial charge in [-0.15, -0.1) is 0 Å². The molecular formula is C15H17ClN2O2. The first-order valence-corrected chi connectivity index (χ1v) is 6.83. The number of anilines is 1. The van der Waals surface area contributed by atoms with E-state index in [1.54, 1.807) is 34.2 Å². The van der Waals surface area contributed by atoms with Crippen LogP contribution in [0.15, 0.2) is 30.0 Å². The molecule has 0 saturated carbocycles. The molecule has 4 nitrogen and oxygen atoms in total. The monoisotopic (exact) mass is 292 g/mol. The van der Waals surface area contributed by atoms with Crippen molar-refractivity contribution < 1.29 is 9.59 Å². The highest BCUT2D eigenvalue weighted by atomic mass is 35.5. The maximum atomic E-state index is 12.5. The molecule has 0 unspecified atom stereocenters. The summed E-state index contributed by atoms with van der Waals surface area (Å²) in [6, 6.07) is 5.05. The zero-order valence-electron chi connectivity index (χ0n) is 11.8. The predicted octanol–water partition coefficient (Wildman–Crippen LogP) is 2.72. The van der Waals surface area contributed by atoms with E-state index >= 15 is 0 Å². The minimum Gasteiger partial charge on any atom is -0.383 e. The molecule has 106 valence electrons. The van der Waals surface area contributed by atoms with Gasteiger partial charge in [-0.2, -0.15) is 0 Å². The Morgan fingerprint density at radius 3 is 2.75 bits per heavy atom. The quantitative estimate of drug-likeness (QED) is 0.787. The summed E-state index contributed by atoms with van der Waals surface area (Å²) in [7, 11) is 3.69. The van der Waals surface area contributed by atoms with Gasteiger partial charge in [0, 0.05) is 42.9 Å². The summed E-state index contributed by atoms with van der Waals surface area (Å²) >= 11 is 5.97. The number of hydrogen-bond donors (Lipinski definition) is 0. The van der Waals surface area contributed by atoms with Crippen molar-refractivity contribution in [1.82, 2.24) is 4.90 Å². The van der Waals surface area contributed by atoms with Gasteiger partial charge < -0.3 is 9.80 Å². The first kappa shape index (κ1) is 14.6. The number of amides is 1. The topological polar surface area (TPSA) is 40.6 Å². The van der Waals surface area contributed by atoms with Gasteiger partial charge in [-0.1, -0.05) is 18.5 Å². The minimum atomic E-state index is -0.0728. The fourth-order valence-electron chi connectivity index (χ4n) is 2.25. The van der Waals surface area contributed by atoms with Crippen LogP contribution >= 0.6 is 11.6 Å². The molecule has 0 aliphatic carbocycles. The molecule has 0 fully saturated rings. The molecule has 1 aromatic rings. The number of hydrogen-bond acceptors (Lipinski definition) is 3. The van der Waals surface area contributed by atoms with Crippen LogP contribution in [0.5, 0.6) is 0 Å². The number of fused-ring (bicyclic) bond motifs is 1. The third-order valence-corrected chi connectivity index (χ3v) is 3.37. The summed E-state index contributed by atoms with van der Waals surface area (Å²) in [5.74, 6) is -0.0814. The van der Waals surface area contributed by atoms with Crippen LogP contribution in [0, 0.1) is 0 Å². The van der Waals surface area contributed by atoms with E-state index in [2.05, 4.69) is 0 Å². The van der Waals surface area contributed by atoms with Gasteiger partial charge in [-0.3, -0.25) is 9.59 Å². The van der Waals surface area contributed by atoms with Crippen molar-refractivity contribution in [3.8, 4) is 0 Å². The highest BCUT2D eigenvalue weighted by molar-refractivity contribution is 6.31. The van der Waals surface area contributed by atoms with E-state index in [1.807, 2.05) is 21.0 Å². The Morgan fingerprint density at radius 2 is 2.15 bits per heavy atom. The van der Waals surface area contributed by atoms with E-state index in [9.17, 15) is 9.59 Å². The molecule has 2 rings (SSSR count). The van der Waals surface area contributed by atoms with Gasteiger partial charge in [0.25, 0.3) is 0 Å². The van der Waals surface area contributed by atoms with Crippen molar-refractivity contribution in [3.63, 3.8) is 0 Å². The van der Waals surface area contributed by atoms with Crippen molar-refractivity contribution in [3.05, 3.63) is 40.6 Å². The van der Waals surface area contributed by atoms with Crippen molar-refractivity contribution in [1.29, 1.82) is 0 Å². The molecule has 1 amide bonds. The van der Waals surface area contributed by atoms with Gasteiger partial charge in [0.1, 0.15) is 0 Å². The normalized spacial score (nSPS) is 16.3. The standard InChI is InChI=1S/C15H17ClN2O2/c1-4-14(19)18-9-10(8-17(2)3)15(20)12-7-11(16)5-6-13(12)18/h5-8H,4,9H2,1-3H3/b10-8-. The van der Waals surface area contributed by atoms with E-state index in [0.29, 0.717) is 34.8 Å². The lowest BCUT2D eigenvalue weighted by Crippen LogP contribution is -2.39. The lowest BCUT2D eigenvalue weighted by Gasteiger charge is -2.30. The van der Waals surface area contributed by atoms with Gasteiger partial charge in [-0.25, -0.2) is 0 Å². The van der Waals surface area contributed by atoms with Crippen LogP contribution in [-0.2, 0) is 4.79 Å². The average molecular weight is 293 g/mol. The van der Waals surface area contributed by atoms with Crippen LogP contribution in [0.2, 0.25) is 5.02 Å². The fraction of sp³-hybridized carbons (Fsp3) is 0.333. The largest absolute Gasteiger partial charge is 0.383 e. The molecule has 1 aliphatic heterocycles. The Kier molecular flexibility index (Phi) is 4.14. The molecule has 0 aromatic heterocycles. The lowest BCUT2D eigenvalue weighted by atomic mass is 9.96. The summed E-state index contributed by atoms with van der Waals surface area (Å²) < 4.78 is 0. The number of ketones is 1. The Hall–Kier alpha value is -1.81. The van der Waals surface area contributed by atoms with Crippen LogP contribution in [0.3, 0.4) is 0 Å². The molecule has 1 aromatic carbocycles. The Morgan fingerprint density at radius 1 is 1.45 bits per heavy atom. The summed E-state index contributed by atoms with van der Waals surface area (Å²) in [6.07, 6.45) is 2.15. The smallest absolute Gasteiger partial charge is 0.227 e. The number of halogens is 1.